The molecule has 0 bridgehead atoms. The summed E-state index contributed by atoms with van der Waals surface area (Å²) in [6, 6.07) is 15.0. The lowest BCUT2D eigenvalue weighted by atomic mass is 9.82. The van der Waals surface area contributed by atoms with E-state index in [0.717, 1.165) is 44.2 Å². The molecule has 2 aromatic carbocycles. The number of aliphatic hydroxyl groups is 1. The molecule has 0 aliphatic carbocycles. The Morgan fingerprint density at radius 1 is 1.00 bits per heavy atom. The second-order valence-electron chi connectivity index (χ2n) is 13.5. The average molecular weight is 620 g/mol. The maximum absolute atomic E-state index is 14.8. The highest BCUT2D eigenvalue weighted by Crippen LogP contribution is 2.61. The number of hydrogen-bond acceptors (Lipinski definition) is 6. The van der Waals surface area contributed by atoms with Crippen molar-refractivity contribution in [3.8, 4) is 0 Å². The Labute approximate surface area is 260 Å². The molecular weight excluding hydrogens is 574 g/mol. The van der Waals surface area contributed by atoms with Gasteiger partial charge < -0.3 is 24.4 Å². The third kappa shape index (κ3) is 5.19. The van der Waals surface area contributed by atoms with Crippen LogP contribution in [-0.4, -0.2) is 72.7 Å². The normalized spacial score (nSPS) is 29.3. The second-order valence-corrected chi connectivity index (χ2v) is 17.5. The van der Waals surface area contributed by atoms with Crippen LogP contribution in [0.2, 0.25) is 18.6 Å². The second kappa shape index (κ2) is 12.0. The quantitative estimate of drug-likeness (QED) is 0.448. The molecule has 236 valence electrons. The van der Waals surface area contributed by atoms with E-state index in [2.05, 4.69) is 0 Å². The monoisotopic (exact) mass is 619 g/mol. The van der Waals surface area contributed by atoms with E-state index in [1.807, 2.05) is 73.4 Å². The van der Waals surface area contributed by atoms with E-state index >= 15 is 0 Å². The molecule has 2 N–H and O–H groups in total. The van der Waals surface area contributed by atoms with E-state index in [9.17, 15) is 24.3 Å². The average Bonchev–Trinajstić information content (AvgIpc) is 3.65. The molecule has 5 atom stereocenters. The van der Waals surface area contributed by atoms with Gasteiger partial charge in [-0.1, -0.05) is 38.0 Å². The SMILES string of the molecule is C[C@H]1[C@H]([Si](C)(C)O)[C@@H](CC(=O)N2CCC[C@H]2CO)O[C@]12C(=O)N(c1ccccc1)c1ccc(N3CCCCCCC3=O)cc12. The number of likely N-dealkylation sites (tertiary alicyclic amines) is 1. The fraction of sp³-hybridized carbons (Fsp3) is 0.559. The zero-order chi connectivity index (χ0) is 31.2. The number of anilines is 3. The molecule has 0 saturated carbocycles. The molecule has 3 amide bonds. The predicted octanol–water partition coefficient (Wildman–Crippen LogP) is 4.83. The first-order valence-electron chi connectivity index (χ1n) is 16.2. The van der Waals surface area contributed by atoms with Crippen molar-refractivity contribution in [2.24, 2.45) is 5.92 Å². The van der Waals surface area contributed by atoms with E-state index < -0.39 is 31.5 Å². The fourth-order valence-electron chi connectivity index (χ4n) is 8.27. The van der Waals surface area contributed by atoms with Crippen LogP contribution in [-0.2, 0) is 24.7 Å². The number of benzene rings is 2. The molecule has 4 aliphatic heterocycles. The fourth-order valence-corrected chi connectivity index (χ4v) is 10.8. The van der Waals surface area contributed by atoms with Crippen molar-refractivity contribution in [1.82, 2.24) is 4.90 Å². The number of ether oxygens (including phenoxy) is 1. The van der Waals surface area contributed by atoms with E-state index in [0.29, 0.717) is 36.4 Å². The first-order chi connectivity index (χ1) is 21.1. The number of nitrogens with zero attached hydrogens (tertiary/aromatic N) is 3. The number of carbonyl (C=O) groups excluding carboxylic acids is 3. The molecule has 6 rings (SSSR count). The van der Waals surface area contributed by atoms with Gasteiger partial charge in [0.2, 0.25) is 11.8 Å². The van der Waals surface area contributed by atoms with Gasteiger partial charge in [-0.3, -0.25) is 19.3 Å². The van der Waals surface area contributed by atoms with Crippen LogP contribution in [0, 0.1) is 5.92 Å². The number of fused-ring (bicyclic) bond motifs is 2. The van der Waals surface area contributed by atoms with Crippen molar-refractivity contribution >= 4 is 43.1 Å². The van der Waals surface area contributed by atoms with E-state index in [4.69, 9.17) is 4.74 Å². The molecule has 3 fully saturated rings. The van der Waals surface area contributed by atoms with Gasteiger partial charge in [0.25, 0.3) is 5.91 Å². The Hall–Kier alpha value is -3.05. The smallest absolute Gasteiger partial charge is 0.268 e. The Morgan fingerprint density at radius 2 is 1.75 bits per heavy atom. The maximum Gasteiger partial charge on any atom is 0.268 e. The standard InChI is InChI=1S/C34H45N3O6Si/c1-23-32(44(2,3)42)29(21-31(40)36-19-11-14-26(36)22-38)43-34(23)27-20-25(35-18-10-5-4-9-15-30(35)39)16-17-28(27)37(33(34)41)24-12-7-6-8-13-24/h6-8,12-13,16-17,20,23,26,29,32,38,42H,4-5,9-11,14-15,18-19,21-22H2,1-3H3/t23-,26-,29+,32-,34+/m0/s1. The molecular formula is C34H45N3O6Si. The number of hydrogen-bond donors (Lipinski definition) is 2. The number of aliphatic hydroxyl groups excluding tert-OH is 1. The van der Waals surface area contributed by atoms with Crippen LogP contribution in [0.1, 0.15) is 63.9 Å². The third-order valence-electron chi connectivity index (χ3n) is 10.3. The van der Waals surface area contributed by atoms with Crippen LogP contribution in [0.15, 0.2) is 48.5 Å². The highest BCUT2D eigenvalue weighted by Gasteiger charge is 2.67. The maximum atomic E-state index is 14.8. The minimum absolute atomic E-state index is 0.0303. The minimum Gasteiger partial charge on any atom is -0.432 e. The van der Waals surface area contributed by atoms with Crippen molar-refractivity contribution in [3.63, 3.8) is 0 Å². The highest BCUT2D eigenvalue weighted by atomic mass is 28.4. The first kappa shape index (κ1) is 31.0. The summed E-state index contributed by atoms with van der Waals surface area (Å²) in [5.74, 6) is -0.713. The molecule has 10 heteroatoms. The minimum atomic E-state index is -2.98. The summed E-state index contributed by atoms with van der Waals surface area (Å²) in [4.78, 5) is 58.7. The summed E-state index contributed by atoms with van der Waals surface area (Å²) in [7, 11) is -2.98. The summed E-state index contributed by atoms with van der Waals surface area (Å²) in [6.45, 7) is 6.79. The first-order valence-corrected chi connectivity index (χ1v) is 19.3. The van der Waals surface area contributed by atoms with Gasteiger partial charge in [-0.25, -0.2) is 0 Å². The zero-order valence-corrected chi connectivity index (χ0v) is 27.1. The molecule has 4 aliphatic rings. The summed E-state index contributed by atoms with van der Waals surface area (Å²) in [5.41, 5.74) is 0.991. The number of carbonyl (C=O) groups is 3. The Balaban J connectivity index is 1.45. The van der Waals surface area contributed by atoms with Gasteiger partial charge in [-0.05, 0) is 69.1 Å². The molecule has 44 heavy (non-hydrogen) atoms. The summed E-state index contributed by atoms with van der Waals surface area (Å²) in [5, 5.41) is 9.87. The van der Waals surface area contributed by atoms with Gasteiger partial charge in [0, 0.05) is 47.9 Å². The van der Waals surface area contributed by atoms with Crippen molar-refractivity contribution in [2.75, 3.05) is 29.5 Å². The van der Waals surface area contributed by atoms with Crippen molar-refractivity contribution < 1.29 is 29.0 Å². The molecule has 9 nitrogen and oxygen atoms in total. The van der Waals surface area contributed by atoms with Gasteiger partial charge in [-0.15, -0.1) is 0 Å². The van der Waals surface area contributed by atoms with Crippen LogP contribution in [0.5, 0.6) is 0 Å². The summed E-state index contributed by atoms with van der Waals surface area (Å²) >= 11 is 0. The van der Waals surface area contributed by atoms with Gasteiger partial charge in [0.15, 0.2) is 13.9 Å². The number of rotatable bonds is 6. The van der Waals surface area contributed by atoms with Crippen molar-refractivity contribution in [2.45, 2.75) is 94.7 Å². The Kier molecular flexibility index (Phi) is 8.47. The lowest BCUT2D eigenvalue weighted by Gasteiger charge is -2.33. The van der Waals surface area contributed by atoms with E-state index in [1.54, 1.807) is 9.80 Å². The molecule has 0 aromatic heterocycles. The van der Waals surface area contributed by atoms with Gasteiger partial charge >= 0.3 is 0 Å². The van der Waals surface area contributed by atoms with Crippen LogP contribution in [0.3, 0.4) is 0 Å². The molecule has 0 radical (unpaired) electrons. The highest BCUT2D eigenvalue weighted by molar-refractivity contribution is 6.71. The zero-order valence-electron chi connectivity index (χ0n) is 26.1. The predicted molar refractivity (Wildman–Crippen MR) is 171 cm³/mol. The Bertz CT molecular complexity index is 1410. The van der Waals surface area contributed by atoms with E-state index in [-0.39, 0.29) is 36.8 Å². The van der Waals surface area contributed by atoms with Crippen molar-refractivity contribution in [3.05, 3.63) is 54.1 Å². The van der Waals surface area contributed by atoms with Gasteiger partial charge in [0.1, 0.15) is 0 Å². The third-order valence-corrected chi connectivity index (χ3v) is 12.8. The van der Waals surface area contributed by atoms with Crippen LogP contribution in [0.4, 0.5) is 17.1 Å². The van der Waals surface area contributed by atoms with Gasteiger partial charge in [-0.2, -0.15) is 0 Å². The van der Waals surface area contributed by atoms with Crippen LogP contribution >= 0.6 is 0 Å². The number of amides is 3. The molecule has 1 spiro atoms. The Morgan fingerprint density at radius 3 is 2.48 bits per heavy atom. The van der Waals surface area contributed by atoms with Crippen LogP contribution < -0.4 is 9.80 Å². The van der Waals surface area contributed by atoms with E-state index in [1.165, 1.54) is 0 Å². The molecule has 0 unspecified atom stereocenters. The largest absolute Gasteiger partial charge is 0.432 e. The lowest BCUT2D eigenvalue weighted by molar-refractivity contribution is -0.149. The molecule has 4 heterocycles. The number of para-hydroxylation sites is 1. The van der Waals surface area contributed by atoms with Gasteiger partial charge in [0.05, 0.1) is 30.9 Å². The summed E-state index contributed by atoms with van der Waals surface area (Å²) in [6.07, 6.45) is 5.34. The van der Waals surface area contributed by atoms with Crippen molar-refractivity contribution in [1.29, 1.82) is 0 Å². The lowest BCUT2D eigenvalue weighted by Crippen LogP contribution is -2.45. The summed E-state index contributed by atoms with van der Waals surface area (Å²) < 4.78 is 6.93. The molecule has 2 aromatic rings. The van der Waals surface area contributed by atoms with Crippen LogP contribution in [0.25, 0.3) is 0 Å². The molecule has 3 saturated heterocycles. The topological polar surface area (TPSA) is 111 Å².